The number of phenols is 4. The van der Waals surface area contributed by atoms with Gasteiger partial charge in [-0.1, -0.05) is 188 Å². The van der Waals surface area contributed by atoms with Crippen molar-refractivity contribution in [2.24, 2.45) is 47.3 Å². The Labute approximate surface area is 630 Å². The van der Waals surface area contributed by atoms with Crippen LogP contribution in [0.15, 0.2) is 182 Å². The van der Waals surface area contributed by atoms with Crippen LogP contribution in [0.3, 0.4) is 0 Å². The van der Waals surface area contributed by atoms with Crippen LogP contribution in [0.5, 0.6) is 46.0 Å². The van der Waals surface area contributed by atoms with Crippen LogP contribution in [-0.2, 0) is 42.6 Å². The molecule has 12 atom stereocenters. The number of hydrogen-bond acceptors (Lipinski definition) is 12. The standard InChI is InChI=1S/2C24H22O3.2C13H20O3.2C10H16/c2*1-16(26-2)27-24-14-12-18-8-4-6-10-20(18)22(24)15-21-19-9-5-3-7-17(19)11-13-23(21)25;2*1-9(15-5)16-12-7-6-10(8-11(12)14)13(2,3)4;2*1-2-9-7-4-5-8(6-7)10(9)3-1/h2*3-14,16,25H,15H2,1-2H3;2*6-9,14H,1-5H3;2*7-10H,1-6H2. The zero-order valence-electron chi connectivity index (χ0n) is 65.2. The third-order valence-corrected chi connectivity index (χ3v) is 23.6. The fourth-order valence-electron chi connectivity index (χ4n) is 17.7. The van der Waals surface area contributed by atoms with Crippen LogP contribution < -0.4 is 18.9 Å². The van der Waals surface area contributed by atoms with Crippen molar-refractivity contribution >= 4 is 43.1 Å². The van der Waals surface area contributed by atoms with Crippen molar-refractivity contribution in [3.63, 3.8) is 0 Å². The highest BCUT2D eigenvalue weighted by Gasteiger charge is 2.50. The molecule has 0 heterocycles. The molecule has 6 aliphatic rings. The third-order valence-electron chi connectivity index (χ3n) is 23.6. The van der Waals surface area contributed by atoms with Gasteiger partial charge in [0, 0.05) is 63.5 Å². The van der Waals surface area contributed by atoms with E-state index in [1.807, 2.05) is 111 Å². The molecule has 0 radical (unpaired) electrons. The van der Waals surface area contributed by atoms with Crippen molar-refractivity contribution in [2.45, 2.75) is 195 Å². The number of phenolic OH excluding ortho intramolecular Hbond substituents is 4. The Morgan fingerprint density at radius 1 is 0.311 bits per heavy atom. The third kappa shape index (κ3) is 19.1. The largest absolute Gasteiger partial charge is 0.508 e. The SMILES string of the molecule is C1CC2C3CCC(C3)C2C1.C1CC2C3CCC(C3)C2C1.COC(C)Oc1ccc(C(C)(C)C)cc1O.COC(C)Oc1ccc(C(C)(C)C)cc1O.COC(C)Oc1ccc2ccccc2c1Cc1c(O)ccc2ccccc12.COC(C)Oc1ccc2ccccc2c1Cc1c(O)ccc2ccccc12. The van der Waals surface area contributed by atoms with Crippen LogP contribution in [0.4, 0.5) is 0 Å². The van der Waals surface area contributed by atoms with E-state index in [1.165, 1.54) is 47.3 Å². The lowest BCUT2D eigenvalue weighted by Crippen LogP contribution is -2.15. The quantitative estimate of drug-likeness (QED) is 0.0681. The fourth-order valence-corrected chi connectivity index (χ4v) is 17.7. The van der Waals surface area contributed by atoms with Crippen molar-refractivity contribution in [1.82, 2.24) is 0 Å². The van der Waals surface area contributed by atoms with E-state index >= 15 is 0 Å². The Bertz CT molecular complexity index is 4210. The molecule has 0 amide bonds. The van der Waals surface area contributed by atoms with E-state index in [0.717, 1.165) is 88.0 Å². The highest BCUT2D eigenvalue weighted by atomic mass is 16.7. The van der Waals surface area contributed by atoms with Gasteiger partial charge in [0.25, 0.3) is 0 Å². The first-order valence-corrected chi connectivity index (χ1v) is 38.8. The van der Waals surface area contributed by atoms with E-state index in [4.69, 9.17) is 37.9 Å². The first-order valence-electron chi connectivity index (χ1n) is 38.8. The highest BCUT2D eigenvalue weighted by Crippen LogP contribution is 2.60. The minimum Gasteiger partial charge on any atom is -0.508 e. The monoisotopic (exact) mass is 1440 g/mol. The first-order chi connectivity index (χ1) is 50.9. The summed E-state index contributed by atoms with van der Waals surface area (Å²) < 4.78 is 43.4. The summed E-state index contributed by atoms with van der Waals surface area (Å²) in [6.07, 6.45) is 18.8. The Morgan fingerprint density at radius 2 is 0.575 bits per heavy atom. The Kier molecular flexibility index (Phi) is 26.3. The molecule has 12 nitrogen and oxygen atoms in total. The normalized spacial score (nSPS) is 21.3. The van der Waals surface area contributed by atoms with Gasteiger partial charge in [-0.2, -0.15) is 0 Å². The van der Waals surface area contributed by atoms with E-state index < -0.39 is 0 Å². The number of benzene rings is 10. The number of hydrogen-bond donors (Lipinski definition) is 4. The number of ether oxygens (including phenoxy) is 8. The van der Waals surface area contributed by atoms with Gasteiger partial charge in [-0.05, 0) is 253 Å². The van der Waals surface area contributed by atoms with E-state index in [0.29, 0.717) is 35.8 Å². The predicted molar refractivity (Wildman–Crippen MR) is 430 cm³/mol. The average molecular weight is 1440 g/mol. The maximum absolute atomic E-state index is 10.6. The van der Waals surface area contributed by atoms with Gasteiger partial charge >= 0.3 is 0 Å². The number of fused-ring (bicyclic) bond motifs is 14. The Morgan fingerprint density at radius 3 is 0.858 bits per heavy atom. The van der Waals surface area contributed by atoms with Crippen molar-refractivity contribution < 1.29 is 58.3 Å². The molecule has 0 spiro atoms. The maximum Gasteiger partial charge on any atom is 0.196 e. The predicted octanol–water partition coefficient (Wildman–Crippen LogP) is 23.1. The summed E-state index contributed by atoms with van der Waals surface area (Å²) in [4.78, 5) is 0. The first kappa shape index (κ1) is 78.5. The minimum absolute atomic E-state index is 0.0167. The molecule has 6 saturated carbocycles. The summed E-state index contributed by atoms with van der Waals surface area (Å²) in [5.74, 6) is 12.9. The second kappa shape index (κ2) is 35.5. The maximum atomic E-state index is 10.6. The topological polar surface area (TPSA) is 155 Å². The lowest BCUT2D eigenvalue weighted by atomic mass is 9.82. The van der Waals surface area contributed by atoms with Crippen molar-refractivity contribution in [2.75, 3.05) is 28.4 Å². The summed E-state index contributed by atoms with van der Waals surface area (Å²) >= 11 is 0. The molecule has 6 aliphatic carbocycles. The lowest BCUT2D eigenvalue weighted by molar-refractivity contribution is -0.0398. The summed E-state index contributed by atoms with van der Waals surface area (Å²) in [7, 11) is 6.38. The summed E-state index contributed by atoms with van der Waals surface area (Å²) in [6, 6.07) is 59.1. The lowest BCUT2D eigenvalue weighted by Gasteiger charge is -2.23. The molecule has 0 saturated heterocycles. The van der Waals surface area contributed by atoms with Gasteiger partial charge in [0.05, 0.1) is 0 Å². The summed E-state index contributed by atoms with van der Waals surface area (Å²) in [6.45, 7) is 19.9. The van der Waals surface area contributed by atoms with Gasteiger partial charge < -0.3 is 58.3 Å². The zero-order valence-corrected chi connectivity index (χ0v) is 65.2. The molecule has 16 rings (SSSR count). The van der Waals surface area contributed by atoms with Crippen LogP contribution >= 0.6 is 0 Å². The molecule has 10 aromatic rings. The van der Waals surface area contributed by atoms with E-state index in [2.05, 4.69) is 90.1 Å². The van der Waals surface area contributed by atoms with Gasteiger partial charge in [-0.3, -0.25) is 0 Å². The number of methoxy groups -OCH3 is 4. The van der Waals surface area contributed by atoms with Gasteiger partial charge in [-0.25, -0.2) is 0 Å². The Hall–Kier alpha value is -8.52. The Balaban J connectivity index is 0.000000132. The van der Waals surface area contributed by atoms with E-state index in [-0.39, 0.29) is 47.5 Å². The van der Waals surface area contributed by atoms with Crippen LogP contribution in [-0.4, -0.2) is 74.0 Å². The molecule has 6 fully saturated rings. The molecule has 10 aromatic carbocycles. The fraction of sp³-hybridized carbons (Fsp3) is 0.447. The molecular formula is C94H116O12. The number of aromatic hydroxyl groups is 4. The van der Waals surface area contributed by atoms with Gasteiger partial charge in [0.1, 0.15) is 23.0 Å². The molecule has 106 heavy (non-hydrogen) atoms. The second-order valence-corrected chi connectivity index (χ2v) is 32.2. The van der Waals surface area contributed by atoms with Crippen LogP contribution in [0, 0.1) is 47.3 Å². The minimum atomic E-state index is -0.369. The molecule has 12 heteroatoms. The molecule has 0 aliphatic heterocycles. The number of rotatable bonds is 16. The molecule has 12 unspecified atom stereocenters. The molecule has 4 N–H and O–H groups in total. The average Bonchev–Trinajstić information content (AvgIpc) is 1.58. The zero-order chi connectivity index (χ0) is 75.4. The van der Waals surface area contributed by atoms with Gasteiger partial charge in [0.15, 0.2) is 48.2 Å². The van der Waals surface area contributed by atoms with E-state index in [9.17, 15) is 20.4 Å². The molecule has 0 aromatic heterocycles. The molecular weight excluding hydrogens is 1320 g/mol. The molecule has 4 bridgehead atoms. The van der Waals surface area contributed by atoms with Crippen LogP contribution in [0.2, 0.25) is 0 Å². The highest BCUT2D eigenvalue weighted by molar-refractivity contribution is 5.93. The van der Waals surface area contributed by atoms with Crippen LogP contribution in [0.1, 0.15) is 180 Å². The van der Waals surface area contributed by atoms with Gasteiger partial charge in [0.2, 0.25) is 0 Å². The summed E-state index contributed by atoms with van der Waals surface area (Å²) in [5, 5.41) is 49.7. The van der Waals surface area contributed by atoms with Gasteiger partial charge in [-0.15, -0.1) is 0 Å². The second-order valence-electron chi connectivity index (χ2n) is 32.2. The van der Waals surface area contributed by atoms with Crippen molar-refractivity contribution in [3.8, 4) is 46.0 Å². The van der Waals surface area contributed by atoms with Crippen molar-refractivity contribution in [1.29, 1.82) is 0 Å². The van der Waals surface area contributed by atoms with Crippen LogP contribution in [0.25, 0.3) is 43.1 Å². The molecule has 564 valence electrons. The smallest absolute Gasteiger partial charge is 0.196 e. The van der Waals surface area contributed by atoms with E-state index in [1.54, 1.807) is 156 Å². The van der Waals surface area contributed by atoms with Crippen molar-refractivity contribution in [3.05, 3.63) is 215 Å². The summed E-state index contributed by atoms with van der Waals surface area (Å²) in [5.41, 5.74) is 6.07.